The second-order valence-electron chi connectivity index (χ2n) is 5.49. The molecule has 116 valence electrons. The average Bonchev–Trinajstić information content (AvgIpc) is 3.01. The van der Waals surface area contributed by atoms with Gasteiger partial charge in [-0.15, -0.1) is 0 Å². The van der Waals surface area contributed by atoms with E-state index in [1.54, 1.807) is 30.1 Å². The second kappa shape index (κ2) is 6.08. The zero-order valence-electron chi connectivity index (χ0n) is 12.7. The van der Waals surface area contributed by atoms with Gasteiger partial charge in [0.25, 0.3) is 5.56 Å². The normalized spacial score (nSPS) is 17.5. The number of nitrogens with zero attached hydrogens (tertiary/aromatic N) is 4. The van der Waals surface area contributed by atoms with Gasteiger partial charge < -0.3 is 0 Å². The average molecular weight is 318 g/mol. The summed E-state index contributed by atoms with van der Waals surface area (Å²) in [5, 5.41) is 1.03. The van der Waals surface area contributed by atoms with Gasteiger partial charge in [-0.3, -0.25) is 18.6 Å². The third kappa shape index (κ3) is 2.61. The number of hydrogen-bond acceptors (Lipinski definition) is 5. The highest BCUT2D eigenvalue weighted by Gasteiger charge is 2.22. The first-order chi connectivity index (χ1) is 10.6. The Morgan fingerprint density at radius 2 is 2.14 bits per heavy atom. The Morgan fingerprint density at radius 3 is 2.77 bits per heavy atom. The molecule has 7 heteroatoms. The first-order valence-electron chi connectivity index (χ1n) is 7.29. The number of hydrogen-bond donors (Lipinski definition) is 0. The lowest BCUT2D eigenvalue weighted by molar-refractivity contribution is 0.514. The van der Waals surface area contributed by atoms with Crippen molar-refractivity contribution in [2.24, 2.45) is 4.99 Å². The van der Waals surface area contributed by atoms with E-state index in [1.807, 2.05) is 0 Å². The summed E-state index contributed by atoms with van der Waals surface area (Å²) in [6.45, 7) is 0. The molecule has 2 aromatic heterocycles. The minimum absolute atomic E-state index is 0.0865. The van der Waals surface area contributed by atoms with Crippen LogP contribution in [0.2, 0.25) is 0 Å². The van der Waals surface area contributed by atoms with Gasteiger partial charge in [0.2, 0.25) is 5.16 Å². The predicted molar refractivity (Wildman–Crippen MR) is 87.2 cm³/mol. The van der Waals surface area contributed by atoms with Crippen LogP contribution in [0.1, 0.15) is 37.3 Å². The lowest BCUT2D eigenvalue weighted by Gasteiger charge is -2.17. The van der Waals surface area contributed by atoms with Crippen LogP contribution in [0.3, 0.4) is 0 Å². The van der Waals surface area contributed by atoms with Crippen LogP contribution in [0.25, 0.3) is 11.0 Å². The van der Waals surface area contributed by atoms with Crippen LogP contribution in [-0.2, 0) is 10.8 Å². The smallest absolute Gasteiger partial charge is 0.261 e. The Kier molecular flexibility index (Phi) is 4.15. The molecular formula is C15H18N4O2S. The van der Waals surface area contributed by atoms with Gasteiger partial charge in [-0.05, 0) is 18.9 Å². The maximum Gasteiger partial charge on any atom is 0.261 e. The molecule has 1 saturated carbocycles. The van der Waals surface area contributed by atoms with E-state index in [9.17, 15) is 9.00 Å². The van der Waals surface area contributed by atoms with E-state index in [-0.39, 0.29) is 16.8 Å². The number of rotatable bonds is 3. The van der Waals surface area contributed by atoms with E-state index in [2.05, 4.69) is 15.0 Å². The second-order valence-corrected chi connectivity index (χ2v) is 6.76. The molecule has 0 radical (unpaired) electrons. The lowest BCUT2D eigenvalue weighted by Crippen LogP contribution is -2.27. The van der Waals surface area contributed by atoms with E-state index >= 15 is 0 Å². The largest absolute Gasteiger partial charge is 0.296 e. The lowest BCUT2D eigenvalue weighted by atomic mass is 10.2. The fraction of sp³-hybridized carbons (Fsp3) is 0.467. The summed E-state index contributed by atoms with van der Waals surface area (Å²) in [7, 11) is 0.368. The Hall–Kier alpha value is -1.89. The van der Waals surface area contributed by atoms with Crippen LogP contribution in [0.15, 0.2) is 27.2 Å². The summed E-state index contributed by atoms with van der Waals surface area (Å²) in [4.78, 5) is 25.3. The first kappa shape index (κ1) is 15.0. The van der Waals surface area contributed by atoms with Crippen molar-refractivity contribution >= 4 is 28.0 Å². The van der Waals surface area contributed by atoms with Gasteiger partial charge in [0, 0.05) is 37.1 Å². The topological polar surface area (TPSA) is 77.2 Å². The van der Waals surface area contributed by atoms with Gasteiger partial charge in [0.05, 0.1) is 16.4 Å². The van der Waals surface area contributed by atoms with Crippen molar-refractivity contribution in [3.8, 4) is 0 Å². The molecule has 0 saturated heterocycles. The van der Waals surface area contributed by atoms with E-state index < -0.39 is 10.8 Å². The fourth-order valence-corrected chi connectivity index (χ4v) is 3.41. The summed E-state index contributed by atoms with van der Waals surface area (Å²) >= 11 is 0. The molecule has 22 heavy (non-hydrogen) atoms. The molecule has 2 aromatic rings. The van der Waals surface area contributed by atoms with Crippen molar-refractivity contribution in [3.05, 3.63) is 28.2 Å². The molecule has 0 bridgehead atoms. The van der Waals surface area contributed by atoms with Crippen molar-refractivity contribution in [1.29, 1.82) is 0 Å². The summed E-state index contributed by atoms with van der Waals surface area (Å²) < 4.78 is 13.4. The molecule has 1 unspecified atom stereocenters. The van der Waals surface area contributed by atoms with Crippen molar-refractivity contribution in [2.45, 2.75) is 36.9 Å². The van der Waals surface area contributed by atoms with Gasteiger partial charge in [-0.2, -0.15) is 0 Å². The van der Waals surface area contributed by atoms with Gasteiger partial charge in [-0.25, -0.2) is 9.97 Å². The summed E-state index contributed by atoms with van der Waals surface area (Å²) in [5.74, 6) is 0. The third-order valence-electron chi connectivity index (χ3n) is 3.99. The highest BCUT2D eigenvalue weighted by molar-refractivity contribution is 7.84. The zero-order chi connectivity index (χ0) is 15.7. The van der Waals surface area contributed by atoms with Crippen LogP contribution in [-0.4, -0.2) is 38.3 Å². The van der Waals surface area contributed by atoms with Crippen LogP contribution in [0.5, 0.6) is 0 Å². The molecular weight excluding hydrogens is 300 g/mol. The molecule has 1 fully saturated rings. The zero-order valence-corrected chi connectivity index (χ0v) is 13.5. The molecule has 0 N–H and O–H groups in total. The summed E-state index contributed by atoms with van der Waals surface area (Å²) in [5.41, 5.74) is 1.03. The number of aromatic nitrogens is 3. The summed E-state index contributed by atoms with van der Waals surface area (Å²) in [6.07, 6.45) is 8.91. The molecule has 1 atom stereocenters. The molecule has 1 aliphatic rings. The molecule has 1 aliphatic carbocycles. The van der Waals surface area contributed by atoms with E-state index in [0.29, 0.717) is 11.2 Å². The highest BCUT2D eigenvalue weighted by Crippen LogP contribution is 2.30. The first-order valence-corrected chi connectivity index (χ1v) is 8.85. The van der Waals surface area contributed by atoms with Crippen LogP contribution in [0, 0.1) is 0 Å². The fourth-order valence-electron chi connectivity index (χ4n) is 3.00. The molecule has 0 aliphatic heterocycles. The molecule has 0 amide bonds. The van der Waals surface area contributed by atoms with E-state index in [1.165, 1.54) is 6.26 Å². The van der Waals surface area contributed by atoms with Crippen molar-refractivity contribution < 1.29 is 4.21 Å². The quantitative estimate of drug-likeness (QED) is 0.637. The van der Waals surface area contributed by atoms with Gasteiger partial charge >= 0.3 is 0 Å². The Bertz CT molecular complexity index is 822. The highest BCUT2D eigenvalue weighted by atomic mass is 32.2. The van der Waals surface area contributed by atoms with Crippen molar-refractivity contribution in [1.82, 2.24) is 14.5 Å². The number of pyridine rings is 1. The van der Waals surface area contributed by atoms with Gasteiger partial charge in [-0.1, -0.05) is 12.8 Å². The minimum atomic E-state index is -1.27. The number of aliphatic imine (C=N–C) groups is 1. The monoisotopic (exact) mass is 318 g/mol. The molecule has 0 spiro atoms. The number of fused-ring (bicyclic) bond motifs is 1. The Morgan fingerprint density at radius 1 is 1.41 bits per heavy atom. The Labute approximate surface area is 130 Å². The SMILES string of the molecule is CN=Cc1cc2cnc(S(C)=O)nc2n(C2CCCC2)c1=O. The van der Waals surface area contributed by atoms with Crippen molar-refractivity contribution in [2.75, 3.05) is 13.3 Å². The maximum atomic E-state index is 12.8. The van der Waals surface area contributed by atoms with Gasteiger partial charge in [0.15, 0.2) is 0 Å². The molecule has 6 nitrogen and oxygen atoms in total. The van der Waals surface area contributed by atoms with Crippen LogP contribution in [0.4, 0.5) is 0 Å². The molecule has 0 aromatic carbocycles. The maximum absolute atomic E-state index is 12.8. The van der Waals surface area contributed by atoms with Crippen molar-refractivity contribution in [3.63, 3.8) is 0 Å². The Balaban J connectivity index is 2.33. The standard InChI is InChI=1S/C15H18N4O2S/c1-16-8-11-7-10-9-17-15(22(2)21)18-13(10)19(14(11)20)12-5-3-4-6-12/h7-9,12H,3-6H2,1-2H3. The van der Waals surface area contributed by atoms with Crippen LogP contribution < -0.4 is 5.56 Å². The molecule has 3 rings (SSSR count). The van der Waals surface area contributed by atoms with E-state index in [0.717, 1.165) is 31.1 Å². The minimum Gasteiger partial charge on any atom is -0.296 e. The molecule has 2 heterocycles. The van der Waals surface area contributed by atoms with Crippen LogP contribution >= 0.6 is 0 Å². The third-order valence-corrected chi connectivity index (χ3v) is 4.70. The predicted octanol–water partition coefficient (Wildman–Crippen LogP) is 1.69. The van der Waals surface area contributed by atoms with E-state index in [4.69, 9.17) is 0 Å². The van der Waals surface area contributed by atoms with Gasteiger partial charge in [0.1, 0.15) is 5.65 Å². The summed E-state index contributed by atoms with van der Waals surface area (Å²) in [6, 6.07) is 1.90.